The van der Waals surface area contributed by atoms with Gasteiger partial charge in [-0.3, -0.25) is 9.59 Å². The highest BCUT2D eigenvalue weighted by atomic mass is 32.2. The fourth-order valence-electron chi connectivity index (χ4n) is 1.86. The fraction of sp³-hybridized carbons (Fsp3) is 0.846. The maximum atomic E-state index is 11.6. The molecule has 1 fully saturated rings. The van der Waals surface area contributed by atoms with Crippen molar-refractivity contribution in [2.24, 2.45) is 5.41 Å². The molecule has 1 saturated heterocycles. The summed E-state index contributed by atoms with van der Waals surface area (Å²) in [7, 11) is -3.08. The molecule has 0 unspecified atom stereocenters. The Labute approximate surface area is 120 Å². The lowest BCUT2D eigenvalue weighted by atomic mass is 9.96. The summed E-state index contributed by atoms with van der Waals surface area (Å²) >= 11 is 0. The third-order valence-corrected chi connectivity index (χ3v) is 4.81. The molecule has 0 saturated carbocycles. The summed E-state index contributed by atoms with van der Waals surface area (Å²) in [6.45, 7) is 5.56. The number of nitrogens with one attached hydrogen (secondary N) is 1. The first kappa shape index (κ1) is 16.9. The van der Waals surface area contributed by atoms with Gasteiger partial charge in [0.25, 0.3) is 0 Å². The number of carbonyl (C=O) groups is 2. The van der Waals surface area contributed by atoms with Crippen molar-refractivity contribution in [3.63, 3.8) is 0 Å². The number of amides is 1. The second kappa shape index (κ2) is 6.56. The Balaban J connectivity index is 2.29. The van der Waals surface area contributed by atoms with Gasteiger partial charge < -0.3 is 10.1 Å². The number of ether oxygens (including phenoxy) is 1. The third-order valence-electron chi connectivity index (χ3n) is 3.02. The van der Waals surface area contributed by atoms with Crippen molar-refractivity contribution < 1.29 is 22.7 Å². The van der Waals surface area contributed by atoms with Gasteiger partial charge in [0, 0.05) is 12.0 Å². The lowest BCUT2D eigenvalue weighted by Crippen LogP contribution is -2.37. The lowest BCUT2D eigenvalue weighted by molar-refractivity contribution is -0.148. The van der Waals surface area contributed by atoms with E-state index in [1.807, 2.05) is 0 Å². The van der Waals surface area contributed by atoms with Gasteiger partial charge in [0.05, 0.1) is 17.9 Å². The van der Waals surface area contributed by atoms with Crippen LogP contribution >= 0.6 is 0 Å². The molecule has 0 aliphatic carbocycles. The number of carbonyl (C=O) groups excluding carboxylic acids is 2. The Hall–Kier alpha value is -1.11. The van der Waals surface area contributed by atoms with E-state index in [0.29, 0.717) is 12.8 Å². The minimum absolute atomic E-state index is 0.0539. The van der Waals surface area contributed by atoms with E-state index in [2.05, 4.69) is 5.32 Å². The summed E-state index contributed by atoms with van der Waals surface area (Å²) in [6, 6.07) is 0. The number of rotatable bonds is 4. The van der Waals surface area contributed by atoms with Crippen LogP contribution in [-0.2, 0) is 24.2 Å². The molecule has 1 aliphatic rings. The number of sulfone groups is 1. The smallest absolute Gasteiger partial charge is 0.307 e. The zero-order valence-corrected chi connectivity index (χ0v) is 13.1. The molecule has 1 N–H and O–H groups in total. The maximum absolute atomic E-state index is 11.6. The number of hydrogen-bond donors (Lipinski definition) is 1. The Morgan fingerprint density at radius 3 is 2.50 bits per heavy atom. The van der Waals surface area contributed by atoms with Gasteiger partial charge >= 0.3 is 5.97 Å². The largest absolute Gasteiger partial charge is 0.461 e. The number of esters is 1. The standard InChI is InChI=1S/C13H23NO5S/c1-13(2,3)12(16)14-7-6-11(15)19-10-5-4-8-20(17,18)9-10/h10H,4-9H2,1-3H3,(H,14,16)/t10-/m1/s1. The average Bonchev–Trinajstić information content (AvgIpc) is 2.25. The first-order valence-electron chi connectivity index (χ1n) is 6.78. The molecule has 1 rings (SSSR count). The van der Waals surface area contributed by atoms with Crippen LogP contribution in [0.2, 0.25) is 0 Å². The first-order valence-corrected chi connectivity index (χ1v) is 8.60. The maximum Gasteiger partial charge on any atom is 0.307 e. The molecule has 116 valence electrons. The predicted octanol–water partition coefficient (Wildman–Crippen LogP) is 0.659. The molecular formula is C13H23NO5S. The summed E-state index contributed by atoms with van der Waals surface area (Å²) in [4.78, 5) is 23.2. The molecule has 0 aromatic carbocycles. The van der Waals surface area contributed by atoms with Crippen molar-refractivity contribution >= 4 is 21.7 Å². The summed E-state index contributed by atoms with van der Waals surface area (Å²) in [6.07, 6.45) is 0.623. The molecule has 0 bridgehead atoms. The SMILES string of the molecule is CC(C)(C)C(=O)NCCC(=O)O[C@@H]1CCCS(=O)(=O)C1. The summed E-state index contributed by atoms with van der Waals surface area (Å²) < 4.78 is 27.9. The second-order valence-corrected chi connectivity index (χ2v) is 8.35. The molecule has 1 amide bonds. The van der Waals surface area contributed by atoms with Gasteiger partial charge in [0.1, 0.15) is 6.10 Å². The van der Waals surface area contributed by atoms with Gasteiger partial charge in [-0.05, 0) is 12.8 Å². The highest BCUT2D eigenvalue weighted by Crippen LogP contribution is 2.16. The van der Waals surface area contributed by atoms with Crippen LogP contribution in [0.3, 0.4) is 0 Å². The van der Waals surface area contributed by atoms with Gasteiger partial charge in [-0.2, -0.15) is 0 Å². The van der Waals surface area contributed by atoms with Crippen LogP contribution in [0.5, 0.6) is 0 Å². The minimum atomic E-state index is -3.08. The molecule has 0 aromatic heterocycles. The molecule has 1 aliphatic heterocycles. The van der Waals surface area contributed by atoms with Gasteiger partial charge in [-0.15, -0.1) is 0 Å². The normalized spacial score (nSPS) is 22.1. The molecular weight excluding hydrogens is 282 g/mol. The summed E-state index contributed by atoms with van der Waals surface area (Å²) in [5.41, 5.74) is -0.499. The number of hydrogen-bond acceptors (Lipinski definition) is 5. The van der Waals surface area contributed by atoms with Gasteiger partial charge in [-0.1, -0.05) is 20.8 Å². The van der Waals surface area contributed by atoms with Crippen LogP contribution in [0.1, 0.15) is 40.0 Å². The Morgan fingerprint density at radius 1 is 1.30 bits per heavy atom. The van der Waals surface area contributed by atoms with Gasteiger partial charge in [-0.25, -0.2) is 8.42 Å². The van der Waals surface area contributed by atoms with Crippen LogP contribution in [-0.4, -0.2) is 44.4 Å². The van der Waals surface area contributed by atoms with E-state index in [0.717, 1.165) is 0 Å². The zero-order chi connectivity index (χ0) is 15.4. The Kier molecular flexibility index (Phi) is 5.56. The molecule has 0 aromatic rings. The van der Waals surface area contributed by atoms with Crippen LogP contribution < -0.4 is 5.32 Å². The monoisotopic (exact) mass is 305 g/mol. The molecule has 7 heteroatoms. The highest BCUT2D eigenvalue weighted by molar-refractivity contribution is 7.91. The lowest BCUT2D eigenvalue weighted by Gasteiger charge is -2.22. The van der Waals surface area contributed by atoms with Crippen molar-refractivity contribution in [2.75, 3.05) is 18.1 Å². The van der Waals surface area contributed by atoms with E-state index < -0.39 is 27.3 Å². The topological polar surface area (TPSA) is 89.5 Å². The average molecular weight is 305 g/mol. The molecule has 0 spiro atoms. The van der Waals surface area contributed by atoms with Gasteiger partial charge in [0.15, 0.2) is 9.84 Å². The Bertz CT molecular complexity index is 464. The van der Waals surface area contributed by atoms with Crippen molar-refractivity contribution in [1.82, 2.24) is 5.32 Å². The zero-order valence-electron chi connectivity index (χ0n) is 12.3. The minimum Gasteiger partial charge on any atom is -0.461 e. The van der Waals surface area contributed by atoms with E-state index in [1.54, 1.807) is 20.8 Å². The van der Waals surface area contributed by atoms with Crippen LogP contribution in [0.4, 0.5) is 0 Å². The van der Waals surface area contributed by atoms with E-state index in [1.165, 1.54) is 0 Å². The summed E-state index contributed by atoms with van der Waals surface area (Å²) in [5, 5.41) is 2.65. The molecule has 20 heavy (non-hydrogen) atoms. The van der Waals surface area contributed by atoms with Crippen molar-refractivity contribution in [3.8, 4) is 0 Å². The quantitative estimate of drug-likeness (QED) is 0.771. The van der Waals surface area contributed by atoms with E-state index in [9.17, 15) is 18.0 Å². The van der Waals surface area contributed by atoms with E-state index >= 15 is 0 Å². The van der Waals surface area contributed by atoms with Crippen molar-refractivity contribution in [3.05, 3.63) is 0 Å². The first-order chi connectivity index (χ1) is 9.10. The van der Waals surface area contributed by atoms with Crippen LogP contribution in [0, 0.1) is 5.41 Å². The summed E-state index contributed by atoms with van der Waals surface area (Å²) in [5.74, 6) is -0.526. The van der Waals surface area contributed by atoms with Crippen molar-refractivity contribution in [1.29, 1.82) is 0 Å². The van der Waals surface area contributed by atoms with E-state index in [-0.39, 0.29) is 30.4 Å². The van der Waals surface area contributed by atoms with Gasteiger partial charge in [0.2, 0.25) is 5.91 Å². The second-order valence-electron chi connectivity index (χ2n) is 6.12. The fourth-order valence-corrected chi connectivity index (χ4v) is 3.44. The van der Waals surface area contributed by atoms with E-state index in [4.69, 9.17) is 4.74 Å². The van der Waals surface area contributed by atoms with Crippen LogP contribution in [0.25, 0.3) is 0 Å². The van der Waals surface area contributed by atoms with Crippen molar-refractivity contribution in [2.45, 2.75) is 46.1 Å². The Morgan fingerprint density at radius 2 is 1.95 bits per heavy atom. The molecule has 1 heterocycles. The molecule has 0 radical (unpaired) electrons. The predicted molar refractivity (Wildman–Crippen MR) is 74.8 cm³/mol. The van der Waals surface area contributed by atoms with Crippen LogP contribution in [0.15, 0.2) is 0 Å². The highest BCUT2D eigenvalue weighted by Gasteiger charge is 2.27. The molecule has 6 nitrogen and oxygen atoms in total. The molecule has 1 atom stereocenters. The third kappa shape index (κ3) is 5.90.